The van der Waals surface area contributed by atoms with Gasteiger partial charge in [-0.3, -0.25) is 88.2 Å². The minimum atomic E-state index is -1.84. The van der Waals surface area contributed by atoms with Crippen LogP contribution in [0.5, 0.6) is 5.75 Å². The Morgan fingerprint density at radius 3 is 1.12 bits per heavy atom. The molecular weight excluding hydrogens is 1650 g/mol. The second kappa shape index (κ2) is 72.1. The molecule has 1 aliphatic heterocycles. The van der Waals surface area contributed by atoms with Gasteiger partial charge in [0.2, 0.25) is 82.7 Å². The van der Waals surface area contributed by atoms with Gasteiger partial charge in [0.25, 0.3) is 0 Å². The lowest BCUT2D eigenvalue weighted by molar-refractivity contribution is -0.143. The monoisotopic (exact) mass is 1780 g/mol. The Morgan fingerprint density at radius 2 is 0.758 bits per heavy atom. The summed E-state index contributed by atoms with van der Waals surface area (Å²) < 4.78 is 65.1. The van der Waals surface area contributed by atoms with Gasteiger partial charge >= 0.3 is 5.97 Å². The summed E-state index contributed by atoms with van der Waals surface area (Å²) in [4.78, 5) is 193. The zero-order valence-electron chi connectivity index (χ0n) is 70.2. The Hall–Kier alpha value is -10.3. The number of aliphatic imine (C=N–C) groups is 1. The number of nitrogens with zero attached hydrogens (tertiary/aromatic N) is 2. The van der Waals surface area contributed by atoms with Gasteiger partial charge in [-0.15, -0.1) is 0 Å². The number of phenols is 1. The molecule has 0 radical (unpaired) electrons. The molecule has 2 rings (SSSR count). The van der Waals surface area contributed by atoms with Crippen molar-refractivity contribution < 1.29 is 144 Å². The van der Waals surface area contributed by atoms with Crippen LogP contribution >= 0.6 is 0 Å². The highest BCUT2D eigenvalue weighted by Crippen LogP contribution is 2.18. The molecule has 49 nitrogen and oxygen atoms in total. The highest BCUT2D eigenvalue weighted by Gasteiger charge is 2.38. The van der Waals surface area contributed by atoms with Crippen LogP contribution in [0.1, 0.15) is 76.2 Å². The normalized spacial score (nSPS) is 13.2. The zero-order valence-corrected chi connectivity index (χ0v) is 70.2. The van der Waals surface area contributed by atoms with Crippen molar-refractivity contribution in [2.45, 2.75) is 107 Å². The van der Waals surface area contributed by atoms with Crippen LogP contribution in [0.2, 0.25) is 0 Å². The molecule has 14 amide bonds. The fourth-order valence-corrected chi connectivity index (χ4v) is 10.7. The number of amides is 14. The fourth-order valence-electron chi connectivity index (χ4n) is 10.7. The molecule has 0 saturated carbocycles. The van der Waals surface area contributed by atoms with Crippen LogP contribution in [0.3, 0.4) is 0 Å². The van der Waals surface area contributed by atoms with E-state index in [1.165, 1.54) is 24.3 Å². The van der Waals surface area contributed by atoms with E-state index in [-0.39, 0.29) is 139 Å². The highest BCUT2D eigenvalue weighted by atomic mass is 16.6. The first-order chi connectivity index (χ1) is 59.8. The van der Waals surface area contributed by atoms with E-state index in [2.05, 4.69) is 74.2 Å². The number of hydrogen-bond donors (Lipinski definition) is 20. The number of rotatable bonds is 78. The number of phenolic OH excluding ortho intramolecular Hbond substituents is 1. The topological polar surface area (TPSA) is 704 Å². The number of nitrogens with two attached hydrogens (primary N) is 4. The van der Waals surface area contributed by atoms with Gasteiger partial charge in [-0.25, -0.2) is 0 Å². The first kappa shape index (κ1) is 110. The molecule has 1 fully saturated rings. The van der Waals surface area contributed by atoms with Gasteiger partial charge in [-0.05, 0) is 81.9 Å². The molecule has 1 aromatic carbocycles. The van der Waals surface area contributed by atoms with Gasteiger partial charge < -0.3 is 158 Å². The van der Waals surface area contributed by atoms with Crippen LogP contribution < -0.4 is 92.3 Å². The number of aliphatic hydroxyl groups is 1. The molecule has 0 aromatic heterocycles. The summed E-state index contributed by atoms with van der Waals surface area (Å²) in [6.45, 7) is 3.95. The average Bonchev–Trinajstić information content (AvgIpc) is 1.72. The van der Waals surface area contributed by atoms with Crippen molar-refractivity contribution in [1.29, 1.82) is 0 Å². The van der Waals surface area contributed by atoms with Crippen molar-refractivity contribution in [3.05, 3.63) is 29.8 Å². The maximum atomic E-state index is 13.6. The molecule has 24 N–H and O–H groups in total. The molecule has 0 aliphatic carbocycles. The third-order valence-corrected chi connectivity index (χ3v) is 16.8. The van der Waals surface area contributed by atoms with Crippen LogP contribution in [-0.4, -0.2) is 382 Å². The van der Waals surface area contributed by atoms with Gasteiger partial charge in [-0.1, -0.05) is 12.1 Å². The number of hydrogen-bond acceptors (Lipinski definition) is 32. The van der Waals surface area contributed by atoms with Crippen LogP contribution in [-0.2, 0) is 135 Å². The third kappa shape index (κ3) is 59.5. The Balaban J connectivity index is 1.48. The molecule has 124 heavy (non-hydrogen) atoms. The summed E-state index contributed by atoms with van der Waals surface area (Å²) in [5, 5.41) is 59.2. The number of primary amides is 1. The standard InChI is InChI=1S/C75H129N19O30/c76-70(108)59-10-2-22-94(59)74(112)58(46-95)93-73(111)57(42-69(106)107)91-62(99)44-87-71(109)55(9-1-15-86-75(77)78)90-61(98)43-88-72(110)56(41-53-11-13-54(96)14-12-53)92-68(105)52-124-51-67(104)85-21-8-28-118-34-40-121-39-33-117-27-7-20-84-66(103)50-123-49-65(102)83-19-6-26-116-32-38-120-37-31-115-25-5-18-82-64(101)48-122-47-63(100)81-17-4-24-114-30-36-119-35-29-113-23-3-16-80-60(97)45-89-79/h11-14,55-59,89,95-96H,1-10,15-52,79H2,(H2,76,108)(H,80,97)(H,81,100)(H,82,101)(H,83,102)(H,84,103)(H,85,104)(H,87,109)(H,88,110)(H,90,98)(H,91,99)(H,92,105)(H,93,111)(H,106,107)(H4,77,78,86)/t55-,56-,57-,58-,59-/m0/s1. The molecule has 1 aliphatic rings. The first-order valence-electron chi connectivity index (χ1n) is 40.8. The second-order valence-corrected chi connectivity index (χ2v) is 27.1. The zero-order chi connectivity index (χ0) is 91.0. The number of benzene rings is 1. The number of aliphatic carboxylic acids is 1. The van der Waals surface area contributed by atoms with Crippen molar-refractivity contribution in [2.75, 3.05) is 237 Å². The maximum Gasteiger partial charge on any atom is 0.305 e. The minimum absolute atomic E-state index is 0.0109. The molecule has 49 heteroatoms. The molecule has 0 unspecified atom stereocenters. The molecule has 0 bridgehead atoms. The summed E-state index contributed by atoms with van der Waals surface area (Å²) in [7, 11) is 0. The van der Waals surface area contributed by atoms with E-state index in [0.717, 1.165) is 4.90 Å². The number of likely N-dealkylation sites (tertiary alicyclic amines) is 1. The molecule has 704 valence electrons. The smallest absolute Gasteiger partial charge is 0.305 e. The maximum absolute atomic E-state index is 13.6. The van der Waals surface area contributed by atoms with E-state index in [0.29, 0.717) is 182 Å². The quantitative estimate of drug-likeness (QED) is 0.00947. The lowest BCUT2D eigenvalue weighted by Crippen LogP contribution is -2.58. The average molecular weight is 1780 g/mol. The lowest BCUT2D eigenvalue weighted by atomic mass is 10.0. The number of carboxylic acid groups (broad SMARTS) is 1. The first-order valence-corrected chi connectivity index (χ1v) is 40.8. The van der Waals surface area contributed by atoms with Crippen molar-refractivity contribution in [2.24, 2.45) is 28.0 Å². The van der Waals surface area contributed by atoms with Gasteiger partial charge in [0, 0.05) is 98.4 Å². The van der Waals surface area contributed by atoms with Crippen molar-refractivity contribution >= 4 is 94.6 Å². The minimum Gasteiger partial charge on any atom is -0.508 e. The van der Waals surface area contributed by atoms with Gasteiger partial charge in [0.1, 0.15) is 75.6 Å². The van der Waals surface area contributed by atoms with Crippen molar-refractivity contribution in [3.8, 4) is 5.75 Å². The Morgan fingerprint density at radius 1 is 0.403 bits per heavy atom. The number of carbonyl (C=O) groups is 15. The lowest BCUT2D eigenvalue weighted by Gasteiger charge is -2.28. The third-order valence-electron chi connectivity index (χ3n) is 16.8. The van der Waals surface area contributed by atoms with Gasteiger partial charge in [0.15, 0.2) is 5.96 Å². The Kier molecular flexibility index (Phi) is 63.8. The van der Waals surface area contributed by atoms with Gasteiger partial charge in [0.05, 0.1) is 112 Å². The molecule has 1 saturated heterocycles. The predicted molar refractivity (Wildman–Crippen MR) is 437 cm³/mol. The molecular formula is C75H129N19O30. The van der Waals surface area contributed by atoms with E-state index in [1.54, 1.807) is 0 Å². The molecule has 1 heterocycles. The Labute approximate surface area is 718 Å². The number of ether oxygens (including phenoxy) is 12. The SMILES string of the molecule is NNCC(=O)NCCCOCCOCCOCCCNC(=O)COCC(=O)NCCCOCCOCCOCCCNC(=O)COCC(=O)NCCCOCCOCCOCCCNC(=O)COCC(=O)N[C@@H](Cc1ccc(O)cc1)C(=O)NCC(=O)N[C@@H](CCCN=C(N)N)C(=O)NCC(=O)N[C@@H](CC(=O)O)C(=O)N[C@@H](CO)C(=O)N1CCC[C@H]1C(N)=O. The highest BCUT2D eigenvalue weighted by molar-refractivity contribution is 5.97. The molecule has 5 atom stereocenters. The number of guanidine groups is 1. The number of carboxylic acids is 1. The van der Waals surface area contributed by atoms with Crippen LogP contribution in [0.15, 0.2) is 29.3 Å². The van der Waals surface area contributed by atoms with E-state index >= 15 is 0 Å². The number of aromatic hydroxyl groups is 1. The van der Waals surface area contributed by atoms with Crippen molar-refractivity contribution in [3.63, 3.8) is 0 Å². The summed E-state index contributed by atoms with van der Waals surface area (Å²) in [5.41, 5.74) is 19.0. The summed E-state index contributed by atoms with van der Waals surface area (Å²) >= 11 is 0. The Bertz CT molecular complexity index is 3320. The number of nitrogens with one attached hydrogen (secondary N) is 13. The summed E-state index contributed by atoms with van der Waals surface area (Å²) in [5.74, 6) is -6.61. The van der Waals surface area contributed by atoms with Crippen LogP contribution in [0.4, 0.5) is 0 Å². The largest absolute Gasteiger partial charge is 0.508 e. The van der Waals surface area contributed by atoms with E-state index in [9.17, 15) is 87.2 Å². The number of aliphatic hydroxyl groups excluding tert-OH is 1. The molecule has 1 aromatic rings. The second-order valence-electron chi connectivity index (χ2n) is 27.1. The summed E-state index contributed by atoms with van der Waals surface area (Å²) in [6.07, 6.45) is 2.77. The fraction of sp³-hybridized carbons (Fsp3) is 0.707. The number of hydrazine groups is 1. The van der Waals surface area contributed by atoms with E-state index in [4.69, 9.17) is 79.9 Å². The van der Waals surface area contributed by atoms with E-state index < -0.39 is 129 Å². The number of carbonyl (C=O) groups excluding carboxylic acids is 14. The van der Waals surface area contributed by atoms with E-state index in [1.807, 2.05) is 0 Å². The van der Waals surface area contributed by atoms with Gasteiger partial charge in [-0.2, -0.15) is 0 Å². The van der Waals surface area contributed by atoms with Crippen molar-refractivity contribution in [1.82, 2.24) is 74.1 Å². The van der Waals surface area contributed by atoms with Crippen LogP contribution in [0.25, 0.3) is 0 Å². The predicted octanol–water partition coefficient (Wildman–Crippen LogP) is -10.2. The summed E-state index contributed by atoms with van der Waals surface area (Å²) in [6, 6.07) is -1.61. The van der Waals surface area contributed by atoms with Crippen LogP contribution in [0, 0.1) is 0 Å². The molecule has 0 spiro atoms.